The first-order valence-electron chi connectivity index (χ1n) is 7.00. The number of sulfonamides is 1. The molecule has 1 aromatic carbocycles. The lowest BCUT2D eigenvalue weighted by molar-refractivity contribution is 0.383. The molecule has 2 saturated heterocycles. The van der Waals surface area contributed by atoms with Gasteiger partial charge in [0.05, 0.1) is 4.90 Å². The molecule has 21 heavy (non-hydrogen) atoms. The molecular weight excluding hydrogens is 376 g/mol. The molecule has 2 fully saturated rings. The highest BCUT2D eigenvalue weighted by Crippen LogP contribution is 2.30. The first-order chi connectivity index (χ1) is 9.48. The number of nitrogens with zero attached hydrogens (tertiary/aromatic N) is 1. The van der Waals surface area contributed by atoms with E-state index in [-0.39, 0.29) is 12.4 Å². The summed E-state index contributed by atoms with van der Waals surface area (Å²) in [5.41, 5.74) is 0.945. The predicted octanol–water partition coefficient (Wildman–Crippen LogP) is 2.69. The van der Waals surface area contributed by atoms with E-state index in [0.717, 1.165) is 18.4 Å². The van der Waals surface area contributed by atoms with Crippen molar-refractivity contribution in [3.05, 3.63) is 28.2 Å². The van der Waals surface area contributed by atoms with Crippen LogP contribution in [0.3, 0.4) is 0 Å². The summed E-state index contributed by atoms with van der Waals surface area (Å²) in [5.74, 6) is 0. The third kappa shape index (κ3) is 3.29. The molecule has 0 radical (unpaired) electrons. The lowest BCUT2D eigenvalue weighted by atomic mass is 10.1. The standard InChI is InChI=1S/C14H19BrN2O2S.ClH/c1-10-3-2-4-13(14(10)15)20(18,19)17-8-7-11-5-6-12(9-17)16-11;/h2-4,11-12,16H,5-9H2,1H3;1H. The summed E-state index contributed by atoms with van der Waals surface area (Å²) in [7, 11) is -3.41. The van der Waals surface area contributed by atoms with Crippen LogP contribution in [0, 0.1) is 6.92 Å². The Kier molecular flexibility index (Phi) is 5.36. The van der Waals surface area contributed by atoms with E-state index < -0.39 is 10.0 Å². The summed E-state index contributed by atoms with van der Waals surface area (Å²) >= 11 is 3.42. The van der Waals surface area contributed by atoms with Crippen LogP contribution in [0.15, 0.2) is 27.6 Å². The van der Waals surface area contributed by atoms with Crippen molar-refractivity contribution in [1.29, 1.82) is 0 Å². The van der Waals surface area contributed by atoms with E-state index in [4.69, 9.17) is 0 Å². The third-order valence-electron chi connectivity index (χ3n) is 4.26. The van der Waals surface area contributed by atoms with Crippen LogP contribution in [0.1, 0.15) is 24.8 Å². The maximum atomic E-state index is 12.9. The summed E-state index contributed by atoms with van der Waals surface area (Å²) in [6, 6.07) is 6.19. The molecule has 3 rings (SSSR count). The number of rotatable bonds is 2. The molecule has 2 aliphatic rings. The zero-order chi connectivity index (χ0) is 14.3. The molecule has 0 amide bonds. The minimum Gasteiger partial charge on any atom is -0.310 e. The van der Waals surface area contributed by atoms with Crippen LogP contribution in [0.2, 0.25) is 0 Å². The van der Waals surface area contributed by atoms with Crippen LogP contribution in [0.5, 0.6) is 0 Å². The molecule has 0 saturated carbocycles. The Balaban J connectivity index is 0.00000161. The van der Waals surface area contributed by atoms with Crippen LogP contribution in [0.25, 0.3) is 0 Å². The van der Waals surface area contributed by atoms with Gasteiger partial charge in [-0.2, -0.15) is 4.31 Å². The summed E-state index contributed by atoms with van der Waals surface area (Å²) in [6.07, 6.45) is 3.15. The third-order valence-corrected chi connectivity index (χ3v) is 7.48. The van der Waals surface area contributed by atoms with E-state index in [9.17, 15) is 8.42 Å². The molecule has 118 valence electrons. The molecule has 0 aromatic heterocycles. The lowest BCUT2D eigenvalue weighted by Crippen LogP contribution is -2.39. The molecular formula is C14H20BrClN2O2S. The van der Waals surface area contributed by atoms with E-state index >= 15 is 0 Å². The molecule has 2 atom stereocenters. The van der Waals surface area contributed by atoms with Gasteiger partial charge in [0.1, 0.15) is 0 Å². The summed E-state index contributed by atoms with van der Waals surface area (Å²) in [6.45, 7) is 3.10. The second kappa shape index (κ2) is 6.54. The van der Waals surface area contributed by atoms with Crippen LogP contribution in [0.4, 0.5) is 0 Å². The molecule has 2 unspecified atom stereocenters. The van der Waals surface area contributed by atoms with E-state index in [1.165, 1.54) is 6.42 Å². The molecule has 1 N–H and O–H groups in total. The number of nitrogens with one attached hydrogen (secondary N) is 1. The average Bonchev–Trinajstić information content (AvgIpc) is 2.71. The second-order valence-corrected chi connectivity index (χ2v) is 8.38. The minimum atomic E-state index is -3.41. The van der Waals surface area contributed by atoms with Gasteiger partial charge in [0.2, 0.25) is 10.0 Å². The van der Waals surface area contributed by atoms with E-state index in [2.05, 4.69) is 21.2 Å². The number of hydrogen-bond donors (Lipinski definition) is 1. The molecule has 1 aromatic rings. The monoisotopic (exact) mass is 394 g/mol. The normalized spacial score (nSPS) is 26.2. The molecule has 2 bridgehead atoms. The number of hydrogen-bond acceptors (Lipinski definition) is 3. The number of halogens is 2. The summed E-state index contributed by atoms with van der Waals surface area (Å²) in [5, 5.41) is 3.51. The largest absolute Gasteiger partial charge is 0.310 e. The van der Waals surface area contributed by atoms with Gasteiger partial charge < -0.3 is 5.32 Å². The van der Waals surface area contributed by atoms with Gasteiger partial charge in [-0.1, -0.05) is 12.1 Å². The maximum Gasteiger partial charge on any atom is 0.244 e. The van der Waals surface area contributed by atoms with E-state index in [1.807, 2.05) is 13.0 Å². The van der Waals surface area contributed by atoms with Crippen molar-refractivity contribution >= 4 is 38.4 Å². The van der Waals surface area contributed by atoms with Crippen LogP contribution < -0.4 is 5.32 Å². The SMILES string of the molecule is Cc1cccc(S(=O)(=O)N2CCC3CCC(C2)N3)c1Br.Cl. The zero-order valence-electron chi connectivity index (χ0n) is 11.9. The molecule has 0 aliphatic carbocycles. The maximum absolute atomic E-state index is 12.9. The van der Waals surface area contributed by atoms with E-state index in [1.54, 1.807) is 16.4 Å². The highest BCUT2D eigenvalue weighted by atomic mass is 79.9. The van der Waals surface area contributed by atoms with Crippen molar-refractivity contribution in [2.24, 2.45) is 0 Å². The Morgan fingerprint density at radius 2 is 1.95 bits per heavy atom. The molecule has 2 aliphatic heterocycles. The fourth-order valence-electron chi connectivity index (χ4n) is 3.09. The van der Waals surface area contributed by atoms with Crippen LogP contribution in [-0.4, -0.2) is 37.9 Å². The predicted molar refractivity (Wildman–Crippen MR) is 89.4 cm³/mol. The van der Waals surface area contributed by atoms with Gasteiger partial charge in [-0.25, -0.2) is 8.42 Å². The topological polar surface area (TPSA) is 49.4 Å². The van der Waals surface area contributed by atoms with Crippen molar-refractivity contribution in [3.8, 4) is 0 Å². The van der Waals surface area contributed by atoms with Crippen LogP contribution in [-0.2, 0) is 10.0 Å². The number of fused-ring (bicyclic) bond motifs is 2. The fourth-order valence-corrected chi connectivity index (χ4v) is 5.60. The number of aryl methyl sites for hydroxylation is 1. The van der Waals surface area contributed by atoms with Crippen molar-refractivity contribution < 1.29 is 8.42 Å². The van der Waals surface area contributed by atoms with Gasteiger partial charge >= 0.3 is 0 Å². The molecule has 0 spiro atoms. The first-order valence-corrected chi connectivity index (χ1v) is 9.23. The Morgan fingerprint density at radius 1 is 1.24 bits per heavy atom. The summed E-state index contributed by atoms with van der Waals surface area (Å²) < 4.78 is 28.0. The van der Waals surface area contributed by atoms with Gasteiger partial charge in [-0.05, 0) is 53.7 Å². The van der Waals surface area contributed by atoms with Crippen molar-refractivity contribution in [2.75, 3.05) is 13.1 Å². The fraction of sp³-hybridized carbons (Fsp3) is 0.571. The Morgan fingerprint density at radius 3 is 2.71 bits per heavy atom. The lowest BCUT2D eigenvalue weighted by Gasteiger charge is -2.24. The van der Waals surface area contributed by atoms with Crippen molar-refractivity contribution in [3.63, 3.8) is 0 Å². The van der Waals surface area contributed by atoms with E-state index in [0.29, 0.717) is 34.5 Å². The average molecular weight is 396 g/mol. The van der Waals surface area contributed by atoms with Gasteiger partial charge in [0.15, 0.2) is 0 Å². The zero-order valence-corrected chi connectivity index (χ0v) is 15.1. The Hall–Kier alpha value is -0.140. The van der Waals surface area contributed by atoms with Crippen LogP contribution >= 0.6 is 28.3 Å². The van der Waals surface area contributed by atoms with Crippen molar-refractivity contribution in [1.82, 2.24) is 9.62 Å². The Bertz CT molecular complexity index is 623. The smallest absolute Gasteiger partial charge is 0.244 e. The minimum absolute atomic E-state index is 0. The molecule has 2 heterocycles. The van der Waals surface area contributed by atoms with Gasteiger partial charge in [0.25, 0.3) is 0 Å². The number of benzene rings is 1. The molecule has 4 nitrogen and oxygen atoms in total. The van der Waals surface area contributed by atoms with Crippen molar-refractivity contribution in [2.45, 2.75) is 43.2 Å². The quantitative estimate of drug-likeness (QED) is 0.837. The first kappa shape index (κ1) is 17.2. The highest BCUT2D eigenvalue weighted by molar-refractivity contribution is 9.10. The summed E-state index contributed by atoms with van der Waals surface area (Å²) in [4.78, 5) is 0.385. The Labute approximate surface area is 140 Å². The van der Waals surface area contributed by atoms with Gasteiger partial charge in [-0.15, -0.1) is 12.4 Å². The molecule has 7 heteroatoms. The van der Waals surface area contributed by atoms with Gasteiger partial charge in [0, 0.05) is 29.6 Å². The second-order valence-electron chi connectivity index (χ2n) is 5.68. The highest BCUT2D eigenvalue weighted by Gasteiger charge is 2.35. The van der Waals surface area contributed by atoms with Gasteiger partial charge in [-0.3, -0.25) is 0 Å².